The first kappa shape index (κ1) is 17.8. The molecule has 0 saturated heterocycles. The molecule has 3 rings (SSSR count). The molecule has 0 unspecified atom stereocenters. The number of hydrogen-bond donors (Lipinski definition) is 3. The number of nitrogens with one attached hydrogen (secondary N) is 3. The highest BCUT2D eigenvalue weighted by molar-refractivity contribution is 5.97. The summed E-state index contributed by atoms with van der Waals surface area (Å²) in [7, 11) is 0. The molecular weight excluding hydrogens is 340 g/mol. The summed E-state index contributed by atoms with van der Waals surface area (Å²) in [6.07, 6.45) is 1.99. The molecule has 0 aromatic heterocycles. The van der Waals surface area contributed by atoms with Gasteiger partial charge in [0.2, 0.25) is 0 Å². The van der Waals surface area contributed by atoms with E-state index in [-0.39, 0.29) is 11.9 Å². The average Bonchev–Trinajstić information content (AvgIpc) is 3.41. The Morgan fingerprint density at radius 2 is 1.85 bits per heavy atom. The van der Waals surface area contributed by atoms with E-state index in [9.17, 15) is 18.4 Å². The van der Waals surface area contributed by atoms with Gasteiger partial charge in [-0.25, -0.2) is 13.6 Å². The zero-order chi connectivity index (χ0) is 18.7. The third-order valence-electron chi connectivity index (χ3n) is 4.09. The number of benzene rings is 2. The van der Waals surface area contributed by atoms with Gasteiger partial charge in [0.05, 0.1) is 6.04 Å². The molecule has 2 aromatic carbocycles. The van der Waals surface area contributed by atoms with E-state index in [1.165, 1.54) is 6.07 Å². The highest BCUT2D eigenvalue weighted by Gasteiger charge is 2.23. The Bertz CT molecular complexity index is 837. The van der Waals surface area contributed by atoms with Crippen LogP contribution in [0.2, 0.25) is 0 Å². The molecule has 1 atom stereocenters. The van der Waals surface area contributed by atoms with Gasteiger partial charge in [-0.05, 0) is 55.7 Å². The lowest BCUT2D eigenvalue weighted by Crippen LogP contribution is -2.31. The summed E-state index contributed by atoms with van der Waals surface area (Å²) in [6.45, 7) is 1.66. The van der Waals surface area contributed by atoms with Gasteiger partial charge in [-0.1, -0.05) is 12.1 Å². The van der Waals surface area contributed by atoms with Crippen molar-refractivity contribution < 1.29 is 18.4 Å². The van der Waals surface area contributed by atoms with Crippen LogP contribution in [-0.2, 0) is 0 Å². The quantitative estimate of drug-likeness (QED) is 0.761. The van der Waals surface area contributed by atoms with E-state index < -0.39 is 23.7 Å². The number of carbonyl (C=O) groups excluding carboxylic acids is 2. The van der Waals surface area contributed by atoms with E-state index in [0.717, 1.165) is 25.0 Å². The van der Waals surface area contributed by atoms with Crippen LogP contribution in [0.4, 0.5) is 19.3 Å². The van der Waals surface area contributed by atoms with Crippen LogP contribution in [0.15, 0.2) is 42.5 Å². The van der Waals surface area contributed by atoms with E-state index in [4.69, 9.17) is 0 Å². The second-order valence-corrected chi connectivity index (χ2v) is 6.32. The first-order chi connectivity index (χ1) is 12.4. The molecule has 136 valence electrons. The van der Waals surface area contributed by atoms with Crippen LogP contribution in [0.1, 0.15) is 41.7 Å². The lowest BCUT2D eigenvalue weighted by Gasteiger charge is -2.15. The summed E-state index contributed by atoms with van der Waals surface area (Å²) < 4.78 is 26.3. The molecule has 0 bridgehead atoms. The fourth-order valence-corrected chi connectivity index (χ4v) is 2.46. The van der Waals surface area contributed by atoms with Crippen molar-refractivity contribution in [2.45, 2.75) is 31.8 Å². The predicted octanol–water partition coefficient (Wildman–Crippen LogP) is 3.74. The summed E-state index contributed by atoms with van der Waals surface area (Å²) in [6, 6.07) is 9.28. The lowest BCUT2D eigenvalue weighted by atomic mass is 10.1. The molecule has 0 heterocycles. The number of amides is 3. The van der Waals surface area contributed by atoms with Gasteiger partial charge >= 0.3 is 6.03 Å². The van der Waals surface area contributed by atoms with Crippen molar-refractivity contribution in [3.63, 3.8) is 0 Å². The van der Waals surface area contributed by atoms with Crippen LogP contribution >= 0.6 is 0 Å². The molecule has 0 aliphatic heterocycles. The summed E-state index contributed by atoms with van der Waals surface area (Å²) in [4.78, 5) is 24.2. The summed E-state index contributed by atoms with van der Waals surface area (Å²) in [5.74, 6) is -2.08. The van der Waals surface area contributed by atoms with Crippen molar-refractivity contribution in [1.82, 2.24) is 10.6 Å². The highest BCUT2D eigenvalue weighted by atomic mass is 19.2. The van der Waals surface area contributed by atoms with Crippen molar-refractivity contribution in [1.29, 1.82) is 0 Å². The Hall–Kier alpha value is -2.96. The lowest BCUT2D eigenvalue weighted by molar-refractivity contribution is 0.0951. The molecule has 1 aliphatic rings. The van der Waals surface area contributed by atoms with Gasteiger partial charge < -0.3 is 16.0 Å². The molecule has 0 spiro atoms. The van der Waals surface area contributed by atoms with Crippen molar-refractivity contribution in [3.8, 4) is 0 Å². The Labute approximate surface area is 149 Å². The second kappa shape index (κ2) is 7.51. The average molecular weight is 359 g/mol. The zero-order valence-corrected chi connectivity index (χ0v) is 14.2. The summed E-state index contributed by atoms with van der Waals surface area (Å²) in [5, 5.41) is 8.16. The SMILES string of the molecule is C[C@@H](NC(=O)Nc1cccc(C(=O)NC2CC2)c1)c1ccc(F)c(F)c1. The number of urea groups is 1. The van der Waals surface area contributed by atoms with E-state index in [2.05, 4.69) is 16.0 Å². The van der Waals surface area contributed by atoms with Gasteiger partial charge in [0, 0.05) is 17.3 Å². The van der Waals surface area contributed by atoms with Crippen LogP contribution in [0, 0.1) is 11.6 Å². The van der Waals surface area contributed by atoms with Gasteiger partial charge in [0.15, 0.2) is 11.6 Å². The Balaban J connectivity index is 1.60. The summed E-state index contributed by atoms with van der Waals surface area (Å²) >= 11 is 0. The minimum absolute atomic E-state index is 0.174. The number of carbonyl (C=O) groups is 2. The van der Waals surface area contributed by atoms with Crippen LogP contribution in [0.25, 0.3) is 0 Å². The normalized spacial score (nSPS) is 14.4. The fourth-order valence-electron chi connectivity index (χ4n) is 2.46. The third kappa shape index (κ3) is 4.56. The number of rotatable bonds is 5. The molecule has 0 radical (unpaired) electrons. The Kier molecular flexibility index (Phi) is 5.16. The van der Waals surface area contributed by atoms with E-state index >= 15 is 0 Å². The summed E-state index contributed by atoms with van der Waals surface area (Å²) in [5.41, 5.74) is 1.36. The topological polar surface area (TPSA) is 70.2 Å². The Morgan fingerprint density at radius 1 is 1.08 bits per heavy atom. The second-order valence-electron chi connectivity index (χ2n) is 6.32. The van der Waals surface area contributed by atoms with E-state index in [1.54, 1.807) is 31.2 Å². The van der Waals surface area contributed by atoms with Gasteiger partial charge in [-0.2, -0.15) is 0 Å². The number of halogens is 2. The predicted molar refractivity (Wildman–Crippen MR) is 93.9 cm³/mol. The highest BCUT2D eigenvalue weighted by Crippen LogP contribution is 2.20. The number of hydrogen-bond acceptors (Lipinski definition) is 2. The molecule has 26 heavy (non-hydrogen) atoms. The van der Waals surface area contributed by atoms with Crippen LogP contribution < -0.4 is 16.0 Å². The molecule has 3 amide bonds. The van der Waals surface area contributed by atoms with Crippen molar-refractivity contribution in [2.75, 3.05) is 5.32 Å². The molecule has 1 fully saturated rings. The van der Waals surface area contributed by atoms with Crippen LogP contribution in [0.5, 0.6) is 0 Å². The molecule has 1 aliphatic carbocycles. The van der Waals surface area contributed by atoms with Gasteiger partial charge in [-0.3, -0.25) is 4.79 Å². The molecule has 1 saturated carbocycles. The largest absolute Gasteiger partial charge is 0.349 e. The van der Waals surface area contributed by atoms with Gasteiger partial charge in [-0.15, -0.1) is 0 Å². The molecule has 7 heteroatoms. The fraction of sp³-hybridized carbons (Fsp3) is 0.263. The van der Waals surface area contributed by atoms with Crippen LogP contribution in [0.3, 0.4) is 0 Å². The maximum absolute atomic E-state index is 13.3. The van der Waals surface area contributed by atoms with Crippen molar-refractivity contribution in [3.05, 3.63) is 65.2 Å². The maximum Gasteiger partial charge on any atom is 0.319 e. The van der Waals surface area contributed by atoms with Gasteiger partial charge in [0.25, 0.3) is 5.91 Å². The molecule has 5 nitrogen and oxygen atoms in total. The molecule has 2 aromatic rings. The third-order valence-corrected chi connectivity index (χ3v) is 4.09. The minimum Gasteiger partial charge on any atom is -0.349 e. The zero-order valence-electron chi connectivity index (χ0n) is 14.2. The van der Waals surface area contributed by atoms with Gasteiger partial charge in [0.1, 0.15) is 0 Å². The van der Waals surface area contributed by atoms with Crippen molar-refractivity contribution >= 4 is 17.6 Å². The first-order valence-electron chi connectivity index (χ1n) is 8.36. The Morgan fingerprint density at radius 3 is 2.54 bits per heavy atom. The van der Waals surface area contributed by atoms with E-state index in [1.807, 2.05) is 0 Å². The molecule has 3 N–H and O–H groups in total. The minimum atomic E-state index is -0.967. The maximum atomic E-state index is 13.3. The smallest absolute Gasteiger partial charge is 0.319 e. The van der Waals surface area contributed by atoms with Crippen LogP contribution in [-0.4, -0.2) is 18.0 Å². The standard InChI is InChI=1S/C19H19F2N3O2/c1-11(12-5-8-16(20)17(21)10-12)22-19(26)24-15-4-2-3-13(9-15)18(25)23-14-6-7-14/h2-5,8-11,14H,6-7H2,1H3,(H,23,25)(H2,22,24,26)/t11-/m1/s1. The first-order valence-corrected chi connectivity index (χ1v) is 8.36. The van der Waals surface area contributed by atoms with E-state index in [0.29, 0.717) is 16.8 Å². The van der Waals surface area contributed by atoms with Crippen molar-refractivity contribution in [2.24, 2.45) is 0 Å². The number of anilines is 1. The monoisotopic (exact) mass is 359 g/mol. The molecular formula is C19H19F2N3O2.